The van der Waals surface area contributed by atoms with E-state index in [2.05, 4.69) is 54.0 Å². The number of nitrogens with zero attached hydrogens (tertiary/aromatic N) is 2. The van der Waals surface area contributed by atoms with Crippen molar-refractivity contribution in [2.24, 2.45) is 12.8 Å². The fourth-order valence-electron chi connectivity index (χ4n) is 2.57. The van der Waals surface area contributed by atoms with Gasteiger partial charge in [-0.05, 0) is 51.0 Å². The summed E-state index contributed by atoms with van der Waals surface area (Å²) in [7, 11) is 4.32. The van der Waals surface area contributed by atoms with E-state index in [1.54, 1.807) is 0 Å². The summed E-state index contributed by atoms with van der Waals surface area (Å²) in [6, 6.07) is 8.63. The molecule has 0 aliphatic rings. The predicted molar refractivity (Wildman–Crippen MR) is 82.4 cm³/mol. The quantitative estimate of drug-likeness (QED) is 0.775. The minimum absolute atomic E-state index is 0.803. The van der Waals surface area contributed by atoms with Gasteiger partial charge in [-0.2, -0.15) is 0 Å². The molecule has 0 saturated heterocycles. The standard InChI is InChI=1S/C16H25N3/c1-18(11-6-5-10-17)12-9-14-13-19(2)16-8-4-3-7-15(14)16/h3-4,7-8,13H,5-6,9-12,17H2,1-2H3. The maximum absolute atomic E-state index is 5.52. The molecule has 1 aromatic carbocycles. The Bertz CT molecular complexity index is 516. The summed E-state index contributed by atoms with van der Waals surface area (Å²) < 4.78 is 2.22. The van der Waals surface area contributed by atoms with Crippen molar-refractivity contribution in [1.82, 2.24) is 9.47 Å². The van der Waals surface area contributed by atoms with Crippen LogP contribution in [0.15, 0.2) is 30.5 Å². The first-order valence-electron chi connectivity index (χ1n) is 7.14. The molecule has 0 bridgehead atoms. The first kappa shape index (κ1) is 14.1. The second kappa shape index (κ2) is 6.73. The highest BCUT2D eigenvalue weighted by molar-refractivity contribution is 5.83. The van der Waals surface area contributed by atoms with Gasteiger partial charge in [-0.3, -0.25) is 0 Å². The zero-order valence-electron chi connectivity index (χ0n) is 12.1. The fraction of sp³-hybridized carbons (Fsp3) is 0.500. The van der Waals surface area contributed by atoms with E-state index < -0.39 is 0 Å². The second-order valence-electron chi connectivity index (χ2n) is 5.33. The number of para-hydroxylation sites is 1. The molecule has 0 spiro atoms. The van der Waals surface area contributed by atoms with Crippen molar-refractivity contribution in [3.63, 3.8) is 0 Å². The van der Waals surface area contributed by atoms with Crippen LogP contribution in [0.5, 0.6) is 0 Å². The lowest BCUT2D eigenvalue weighted by atomic mass is 10.1. The van der Waals surface area contributed by atoms with Crippen molar-refractivity contribution in [2.45, 2.75) is 19.3 Å². The molecule has 1 heterocycles. The minimum atomic E-state index is 0.803. The maximum atomic E-state index is 5.52. The Morgan fingerprint density at radius 2 is 1.95 bits per heavy atom. The van der Waals surface area contributed by atoms with Gasteiger partial charge in [0.2, 0.25) is 0 Å². The van der Waals surface area contributed by atoms with Gasteiger partial charge in [0, 0.05) is 30.7 Å². The van der Waals surface area contributed by atoms with E-state index >= 15 is 0 Å². The summed E-state index contributed by atoms with van der Waals surface area (Å²) in [5.41, 5.74) is 8.29. The van der Waals surface area contributed by atoms with E-state index in [0.717, 1.165) is 32.5 Å². The molecule has 2 rings (SSSR count). The number of hydrogen-bond donors (Lipinski definition) is 1. The molecule has 0 unspecified atom stereocenters. The predicted octanol–water partition coefficient (Wildman–Crippen LogP) is 2.39. The Balaban J connectivity index is 1.94. The van der Waals surface area contributed by atoms with Gasteiger partial charge in [0.1, 0.15) is 0 Å². The Kier molecular flexibility index (Phi) is 5.00. The molecule has 0 radical (unpaired) electrons. The van der Waals surface area contributed by atoms with Crippen LogP contribution in [-0.2, 0) is 13.5 Å². The van der Waals surface area contributed by atoms with Gasteiger partial charge in [-0.1, -0.05) is 18.2 Å². The van der Waals surface area contributed by atoms with Gasteiger partial charge < -0.3 is 15.2 Å². The highest BCUT2D eigenvalue weighted by Crippen LogP contribution is 2.20. The second-order valence-corrected chi connectivity index (χ2v) is 5.33. The molecule has 3 heteroatoms. The number of likely N-dealkylation sites (N-methyl/N-ethyl adjacent to an activating group) is 1. The van der Waals surface area contributed by atoms with Crippen molar-refractivity contribution in [2.75, 3.05) is 26.7 Å². The summed E-state index contributed by atoms with van der Waals surface area (Å²) in [5.74, 6) is 0. The Morgan fingerprint density at radius 3 is 2.74 bits per heavy atom. The highest BCUT2D eigenvalue weighted by Gasteiger charge is 2.06. The number of aryl methyl sites for hydroxylation is 1. The van der Waals surface area contributed by atoms with Crippen molar-refractivity contribution >= 4 is 10.9 Å². The third kappa shape index (κ3) is 3.58. The topological polar surface area (TPSA) is 34.2 Å². The third-order valence-corrected chi connectivity index (χ3v) is 3.74. The number of benzene rings is 1. The number of rotatable bonds is 7. The van der Waals surface area contributed by atoms with Gasteiger partial charge in [-0.15, -0.1) is 0 Å². The molecule has 19 heavy (non-hydrogen) atoms. The molecule has 0 aliphatic heterocycles. The number of unbranched alkanes of at least 4 members (excludes halogenated alkanes) is 1. The van der Waals surface area contributed by atoms with Crippen molar-refractivity contribution < 1.29 is 0 Å². The molecule has 3 nitrogen and oxygen atoms in total. The molecule has 0 fully saturated rings. The zero-order chi connectivity index (χ0) is 13.7. The van der Waals surface area contributed by atoms with Crippen LogP contribution < -0.4 is 5.73 Å². The van der Waals surface area contributed by atoms with Crippen LogP contribution >= 0.6 is 0 Å². The molecule has 0 saturated carbocycles. The van der Waals surface area contributed by atoms with Gasteiger partial charge in [0.15, 0.2) is 0 Å². The van der Waals surface area contributed by atoms with Gasteiger partial charge in [0.25, 0.3) is 0 Å². The van der Waals surface area contributed by atoms with Crippen LogP contribution in [0.25, 0.3) is 10.9 Å². The molecular formula is C16H25N3. The minimum Gasteiger partial charge on any atom is -0.350 e. The summed E-state index contributed by atoms with van der Waals surface area (Å²) in [4.78, 5) is 2.40. The van der Waals surface area contributed by atoms with Crippen LogP contribution in [-0.4, -0.2) is 36.1 Å². The molecule has 0 aliphatic carbocycles. The summed E-state index contributed by atoms with van der Waals surface area (Å²) in [6.45, 7) is 3.05. The van der Waals surface area contributed by atoms with Crippen molar-refractivity contribution in [3.8, 4) is 0 Å². The lowest BCUT2D eigenvalue weighted by Gasteiger charge is -2.15. The van der Waals surface area contributed by atoms with E-state index in [-0.39, 0.29) is 0 Å². The van der Waals surface area contributed by atoms with Gasteiger partial charge in [-0.25, -0.2) is 0 Å². The summed E-state index contributed by atoms with van der Waals surface area (Å²) >= 11 is 0. The Labute approximate surface area is 116 Å². The summed E-state index contributed by atoms with van der Waals surface area (Å²) in [6.07, 6.45) is 5.69. The average Bonchev–Trinajstić information content (AvgIpc) is 2.74. The van der Waals surface area contributed by atoms with Crippen LogP contribution in [0.4, 0.5) is 0 Å². The molecule has 1 aromatic heterocycles. The van der Waals surface area contributed by atoms with E-state index in [4.69, 9.17) is 5.73 Å². The van der Waals surface area contributed by atoms with Gasteiger partial charge in [0.05, 0.1) is 0 Å². The van der Waals surface area contributed by atoms with Crippen molar-refractivity contribution in [1.29, 1.82) is 0 Å². The zero-order valence-corrected chi connectivity index (χ0v) is 12.1. The summed E-state index contributed by atoms with van der Waals surface area (Å²) in [5, 5.41) is 1.39. The van der Waals surface area contributed by atoms with Crippen LogP contribution in [0.2, 0.25) is 0 Å². The molecule has 2 aromatic rings. The Morgan fingerprint density at radius 1 is 1.16 bits per heavy atom. The number of hydrogen-bond acceptors (Lipinski definition) is 2. The average molecular weight is 259 g/mol. The number of nitrogens with two attached hydrogens (primary N) is 1. The van der Waals surface area contributed by atoms with Gasteiger partial charge >= 0.3 is 0 Å². The molecule has 0 amide bonds. The monoisotopic (exact) mass is 259 g/mol. The van der Waals surface area contributed by atoms with E-state index in [1.165, 1.54) is 22.9 Å². The Hall–Kier alpha value is -1.32. The highest BCUT2D eigenvalue weighted by atomic mass is 15.1. The largest absolute Gasteiger partial charge is 0.350 e. The number of fused-ring (bicyclic) bond motifs is 1. The lowest BCUT2D eigenvalue weighted by molar-refractivity contribution is 0.331. The third-order valence-electron chi connectivity index (χ3n) is 3.74. The number of aromatic nitrogens is 1. The van der Waals surface area contributed by atoms with Crippen LogP contribution in [0.3, 0.4) is 0 Å². The fourth-order valence-corrected chi connectivity index (χ4v) is 2.57. The van der Waals surface area contributed by atoms with Crippen molar-refractivity contribution in [3.05, 3.63) is 36.0 Å². The van der Waals surface area contributed by atoms with E-state index in [9.17, 15) is 0 Å². The molecule has 2 N–H and O–H groups in total. The molecule has 104 valence electrons. The van der Waals surface area contributed by atoms with E-state index in [1.807, 2.05) is 0 Å². The van der Waals surface area contributed by atoms with E-state index in [0.29, 0.717) is 0 Å². The smallest absolute Gasteiger partial charge is 0.0480 e. The maximum Gasteiger partial charge on any atom is 0.0480 e. The lowest BCUT2D eigenvalue weighted by Crippen LogP contribution is -2.22. The molecular weight excluding hydrogens is 234 g/mol. The molecule has 0 atom stereocenters. The first-order chi connectivity index (χ1) is 9.22. The van der Waals surface area contributed by atoms with Crippen LogP contribution in [0, 0.1) is 0 Å². The first-order valence-corrected chi connectivity index (χ1v) is 7.14. The SMILES string of the molecule is CN(CCCCN)CCc1cn(C)c2ccccc12. The van der Waals surface area contributed by atoms with Crippen LogP contribution in [0.1, 0.15) is 18.4 Å². The normalized spacial score (nSPS) is 11.6.